The van der Waals surface area contributed by atoms with Gasteiger partial charge in [0, 0.05) is 36.0 Å². The summed E-state index contributed by atoms with van der Waals surface area (Å²) in [5.74, 6) is 0.334. The molecule has 0 spiro atoms. The molecular formula is C21H26N2O4. The first-order valence-corrected chi connectivity index (χ1v) is 8.97. The van der Waals surface area contributed by atoms with Gasteiger partial charge in [-0.1, -0.05) is 13.3 Å². The van der Waals surface area contributed by atoms with Gasteiger partial charge in [0.15, 0.2) is 0 Å². The first-order chi connectivity index (χ1) is 13.0. The van der Waals surface area contributed by atoms with Gasteiger partial charge >= 0.3 is 0 Å². The van der Waals surface area contributed by atoms with E-state index < -0.39 is 0 Å². The average molecular weight is 370 g/mol. The molecule has 2 aromatic carbocycles. The number of benzene rings is 2. The van der Waals surface area contributed by atoms with Crippen LogP contribution in [-0.2, 0) is 16.1 Å². The molecule has 0 saturated heterocycles. The van der Waals surface area contributed by atoms with Gasteiger partial charge in [-0.05, 0) is 48.9 Å². The van der Waals surface area contributed by atoms with E-state index in [1.807, 2.05) is 0 Å². The number of ether oxygens (including phenoxy) is 2. The zero-order valence-corrected chi connectivity index (χ0v) is 16.0. The number of hydrogen-bond donors (Lipinski definition) is 2. The van der Waals surface area contributed by atoms with Gasteiger partial charge in [0.1, 0.15) is 5.75 Å². The van der Waals surface area contributed by atoms with E-state index in [9.17, 15) is 9.59 Å². The number of amides is 2. The summed E-state index contributed by atoms with van der Waals surface area (Å²) < 4.78 is 11.0. The molecule has 0 atom stereocenters. The summed E-state index contributed by atoms with van der Waals surface area (Å²) in [4.78, 5) is 23.6. The lowest BCUT2D eigenvalue weighted by atomic mass is 10.1. The van der Waals surface area contributed by atoms with Gasteiger partial charge in [0.05, 0.1) is 13.7 Å². The average Bonchev–Trinajstić information content (AvgIpc) is 2.66. The zero-order chi connectivity index (χ0) is 19.6. The largest absolute Gasteiger partial charge is 0.496 e. The molecule has 2 amide bonds. The Morgan fingerprint density at radius 2 is 1.67 bits per heavy atom. The van der Waals surface area contributed by atoms with Crippen molar-refractivity contribution < 1.29 is 19.1 Å². The lowest BCUT2D eigenvalue weighted by molar-refractivity contribution is -0.114. The molecule has 0 saturated carbocycles. The SMILES string of the molecule is CCCCOCc1cc(C(=O)Nc2ccc(NC(C)=O)cc2)ccc1OC. The lowest BCUT2D eigenvalue weighted by Crippen LogP contribution is -2.13. The standard InChI is InChI=1S/C21H26N2O4/c1-4-5-12-27-14-17-13-16(6-11-20(17)26-3)21(25)23-19-9-7-18(8-10-19)22-15(2)24/h6-11,13H,4-5,12,14H2,1-3H3,(H,22,24)(H,23,25). The summed E-state index contributed by atoms with van der Waals surface area (Å²) in [6, 6.07) is 12.2. The van der Waals surface area contributed by atoms with Gasteiger partial charge < -0.3 is 20.1 Å². The molecule has 0 aliphatic rings. The maximum atomic E-state index is 12.5. The smallest absolute Gasteiger partial charge is 0.255 e. The first-order valence-electron chi connectivity index (χ1n) is 8.97. The highest BCUT2D eigenvalue weighted by atomic mass is 16.5. The molecule has 2 aromatic rings. The number of rotatable bonds is 9. The number of carbonyl (C=O) groups is 2. The predicted molar refractivity (Wildman–Crippen MR) is 106 cm³/mol. The van der Waals surface area contributed by atoms with Crippen molar-refractivity contribution in [3.8, 4) is 5.75 Å². The monoisotopic (exact) mass is 370 g/mol. The third-order valence-electron chi connectivity index (χ3n) is 3.91. The van der Waals surface area contributed by atoms with Crippen molar-refractivity contribution in [3.05, 3.63) is 53.6 Å². The molecule has 0 aliphatic heterocycles. The third-order valence-corrected chi connectivity index (χ3v) is 3.91. The second kappa shape index (κ2) is 10.3. The van der Waals surface area contributed by atoms with E-state index in [1.54, 1.807) is 49.6 Å². The van der Waals surface area contributed by atoms with Crippen molar-refractivity contribution in [2.45, 2.75) is 33.3 Å². The Bertz CT molecular complexity index is 772. The topological polar surface area (TPSA) is 76.7 Å². The van der Waals surface area contributed by atoms with Crippen LogP contribution in [0.3, 0.4) is 0 Å². The number of carbonyl (C=O) groups excluding carboxylic acids is 2. The second-order valence-electron chi connectivity index (χ2n) is 6.15. The highest BCUT2D eigenvalue weighted by Gasteiger charge is 2.11. The minimum absolute atomic E-state index is 0.140. The van der Waals surface area contributed by atoms with Crippen molar-refractivity contribution in [1.29, 1.82) is 0 Å². The molecule has 0 heterocycles. The Labute approximate surface area is 159 Å². The van der Waals surface area contributed by atoms with Crippen LogP contribution in [0.2, 0.25) is 0 Å². The van der Waals surface area contributed by atoms with E-state index in [-0.39, 0.29) is 11.8 Å². The molecule has 27 heavy (non-hydrogen) atoms. The Kier molecular flexibility index (Phi) is 7.82. The van der Waals surface area contributed by atoms with Crippen LogP contribution < -0.4 is 15.4 Å². The Morgan fingerprint density at radius 3 is 2.26 bits per heavy atom. The van der Waals surface area contributed by atoms with E-state index in [4.69, 9.17) is 9.47 Å². The summed E-state index contributed by atoms with van der Waals surface area (Å²) in [5, 5.41) is 5.53. The fraction of sp³-hybridized carbons (Fsp3) is 0.333. The molecule has 0 radical (unpaired) electrons. The Balaban J connectivity index is 2.05. The maximum absolute atomic E-state index is 12.5. The second-order valence-corrected chi connectivity index (χ2v) is 6.15. The van der Waals surface area contributed by atoms with Crippen LogP contribution in [0.25, 0.3) is 0 Å². The van der Waals surface area contributed by atoms with Gasteiger partial charge in [0.2, 0.25) is 5.91 Å². The summed E-state index contributed by atoms with van der Waals surface area (Å²) in [6.07, 6.45) is 2.07. The van der Waals surface area contributed by atoms with E-state index in [2.05, 4.69) is 17.6 Å². The predicted octanol–water partition coefficient (Wildman–Crippen LogP) is 4.22. The number of hydrogen-bond acceptors (Lipinski definition) is 4. The van der Waals surface area contributed by atoms with Gasteiger partial charge in [-0.15, -0.1) is 0 Å². The number of nitrogens with one attached hydrogen (secondary N) is 2. The van der Waals surface area contributed by atoms with Crippen molar-refractivity contribution in [1.82, 2.24) is 0 Å². The van der Waals surface area contributed by atoms with Crippen LogP contribution in [0.4, 0.5) is 11.4 Å². The summed E-state index contributed by atoms with van der Waals surface area (Å²) in [6.45, 7) is 4.63. The minimum atomic E-state index is -0.222. The lowest BCUT2D eigenvalue weighted by Gasteiger charge is -2.12. The van der Waals surface area contributed by atoms with Crippen molar-refractivity contribution in [2.75, 3.05) is 24.4 Å². The van der Waals surface area contributed by atoms with Crippen LogP contribution in [0.5, 0.6) is 5.75 Å². The molecule has 6 nitrogen and oxygen atoms in total. The Morgan fingerprint density at radius 1 is 1.00 bits per heavy atom. The molecule has 6 heteroatoms. The molecule has 144 valence electrons. The summed E-state index contributed by atoms with van der Waals surface area (Å²) in [7, 11) is 1.60. The fourth-order valence-corrected chi connectivity index (χ4v) is 2.50. The van der Waals surface area contributed by atoms with Crippen LogP contribution in [0.1, 0.15) is 42.6 Å². The maximum Gasteiger partial charge on any atom is 0.255 e. The van der Waals surface area contributed by atoms with Crippen molar-refractivity contribution >= 4 is 23.2 Å². The number of methoxy groups -OCH3 is 1. The summed E-state index contributed by atoms with van der Waals surface area (Å²) >= 11 is 0. The van der Waals surface area contributed by atoms with Crippen LogP contribution in [0.15, 0.2) is 42.5 Å². The van der Waals surface area contributed by atoms with Gasteiger partial charge in [-0.3, -0.25) is 9.59 Å². The Hall–Kier alpha value is -2.86. The van der Waals surface area contributed by atoms with E-state index >= 15 is 0 Å². The molecule has 2 N–H and O–H groups in total. The van der Waals surface area contributed by atoms with E-state index in [0.717, 1.165) is 18.4 Å². The van der Waals surface area contributed by atoms with E-state index in [1.165, 1.54) is 6.92 Å². The zero-order valence-electron chi connectivity index (χ0n) is 16.0. The number of anilines is 2. The first kappa shape index (κ1) is 20.5. The van der Waals surface area contributed by atoms with Gasteiger partial charge in [-0.25, -0.2) is 0 Å². The molecule has 0 unspecified atom stereocenters. The van der Waals surface area contributed by atoms with Crippen molar-refractivity contribution in [3.63, 3.8) is 0 Å². The molecular weight excluding hydrogens is 344 g/mol. The van der Waals surface area contributed by atoms with Crippen LogP contribution in [-0.4, -0.2) is 25.5 Å². The molecule has 0 fully saturated rings. The minimum Gasteiger partial charge on any atom is -0.496 e. The molecule has 0 aliphatic carbocycles. The molecule has 2 rings (SSSR count). The van der Waals surface area contributed by atoms with Gasteiger partial charge in [0.25, 0.3) is 5.91 Å². The third kappa shape index (κ3) is 6.42. The molecule has 0 bridgehead atoms. The van der Waals surface area contributed by atoms with Crippen LogP contribution >= 0.6 is 0 Å². The fourth-order valence-electron chi connectivity index (χ4n) is 2.50. The van der Waals surface area contributed by atoms with E-state index in [0.29, 0.717) is 35.9 Å². The summed E-state index contributed by atoms with van der Waals surface area (Å²) in [5.41, 5.74) is 2.68. The van der Waals surface area contributed by atoms with Gasteiger partial charge in [-0.2, -0.15) is 0 Å². The highest BCUT2D eigenvalue weighted by Crippen LogP contribution is 2.22. The van der Waals surface area contributed by atoms with Crippen LogP contribution in [0, 0.1) is 0 Å². The quantitative estimate of drug-likeness (QED) is 0.648. The normalized spacial score (nSPS) is 10.3. The highest BCUT2D eigenvalue weighted by molar-refractivity contribution is 6.04. The van der Waals surface area contributed by atoms with Crippen molar-refractivity contribution in [2.24, 2.45) is 0 Å². The molecule has 0 aromatic heterocycles. The number of unbranched alkanes of at least 4 members (excludes halogenated alkanes) is 1.